The molecule has 0 saturated carbocycles. The standard InChI is InChI=1S/C15H29FN4O2S/c1-12(19-8-5-13(6-9-19)23-17-4)20(16)10-7-14(18-22)15(2,3)11-21/h7,10,12-13,17,21-22H,5-6,8-9,11H2,1-4H3/b10-7+,18-14+. The summed E-state index contributed by atoms with van der Waals surface area (Å²) in [6.45, 7) is 6.76. The van der Waals surface area contributed by atoms with Crippen LogP contribution in [-0.4, -0.2) is 64.2 Å². The number of nitrogens with zero attached hydrogens (tertiary/aromatic N) is 3. The lowest BCUT2D eigenvalue weighted by Gasteiger charge is -2.37. The summed E-state index contributed by atoms with van der Waals surface area (Å²) in [5, 5.41) is 22.7. The lowest BCUT2D eigenvalue weighted by atomic mass is 9.88. The zero-order valence-corrected chi connectivity index (χ0v) is 15.2. The van der Waals surface area contributed by atoms with Crippen LogP contribution in [0.1, 0.15) is 33.6 Å². The molecule has 3 N–H and O–H groups in total. The van der Waals surface area contributed by atoms with Crippen LogP contribution in [0.2, 0.25) is 0 Å². The number of nitrogens with one attached hydrogen (secondary N) is 1. The van der Waals surface area contributed by atoms with Crippen molar-refractivity contribution in [1.82, 2.24) is 14.7 Å². The number of halogens is 1. The number of allylic oxidation sites excluding steroid dienone is 1. The summed E-state index contributed by atoms with van der Waals surface area (Å²) in [6.07, 6.45) is 4.31. The second-order valence-corrected chi connectivity index (χ2v) is 7.69. The Labute approximate surface area is 142 Å². The molecule has 0 aromatic carbocycles. The molecule has 0 spiro atoms. The highest BCUT2D eigenvalue weighted by atomic mass is 32.2. The van der Waals surface area contributed by atoms with E-state index in [1.165, 1.54) is 12.3 Å². The molecule has 1 fully saturated rings. The second kappa shape index (κ2) is 9.46. The lowest BCUT2D eigenvalue weighted by molar-refractivity contribution is -0.0454. The van der Waals surface area contributed by atoms with Crippen molar-refractivity contribution >= 4 is 17.7 Å². The molecule has 1 unspecified atom stereocenters. The van der Waals surface area contributed by atoms with Gasteiger partial charge >= 0.3 is 0 Å². The Hall–Kier alpha value is -0.830. The van der Waals surface area contributed by atoms with Gasteiger partial charge in [-0.15, -0.1) is 0 Å². The average Bonchev–Trinajstić information content (AvgIpc) is 2.55. The first-order valence-electron chi connectivity index (χ1n) is 7.88. The fourth-order valence-corrected chi connectivity index (χ4v) is 3.21. The van der Waals surface area contributed by atoms with Crippen molar-refractivity contribution in [3.8, 4) is 0 Å². The van der Waals surface area contributed by atoms with E-state index in [1.54, 1.807) is 25.8 Å². The van der Waals surface area contributed by atoms with Crippen molar-refractivity contribution in [3.63, 3.8) is 0 Å². The summed E-state index contributed by atoms with van der Waals surface area (Å²) in [5.74, 6) is 0. The molecule has 0 aromatic rings. The monoisotopic (exact) mass is 348 g/mol. The van der Waals surface area contributed by atoms with Crippen molar-refractivity contribution in [2.75, 3.05) is 26.7 Å². The fraction of sp³-hybridized carbons (Fsp3) is 0.800. The van der Waals surface area contributed by atoms with E-state index in [4.69, 9.17) is 5.21 Å². The first kappa shape index (κ1) is 20.2. The summed E-state index contributed by atoms with van der Waals surface area (Å²) in [7, 11) is 1.92. The van der Waals surface area contributed by atoms with Gasteiger partial charge in [-0.25, -0.2) is 5.12 Å². The highest BCUT2D eigenvalue weighted by molar-refractivity contribution is 7.98. The number of aliphatic hydroxyl groups excluding tert-OH is 1. The number of piperidine rings is 1. The molecule has 1 aliphatic heterocycles. The molecule has 1 rings (SSSR count). The van der Waals surface area contributed by atoms with Gasteiger partial charge in [0, 0.05) is 30.0 Å². The van der Waals surface area contributed by atoms with Crippen molar-refractivity contribution in [3.05, 3.63) is 12.3 Å². The number of rotatable bonds is 8. The normalized spacial score (nSPS) is 20.2. The Morgan fingerprint density at radius 1 is 1.52 bits per heavy atom. The Morgan fingerprint density at radius 2 is 2.13 bits per heavy atom. The van der Waals surface area contributed by atoms with Gasteiger partial charge in [-0.2, -0.15) is 0 Å². The quantitative estimate of drug-likeness (QED) is 0.205. The van der Waals surface area contributed by atoms with Gasteiger partial charge in [0.15, 0.2) is 0 Å². The minimum absolute atomic E-state index is 0.185. The predicted molar refractivity (Wildman–Crippen MR) is 92.9 cm³/mol. The van der Waals surface area contributed by atoms with Crippen LogP contribution >= 0.6 is 11.9 Å². The average molecular weight is 348 g/mol. The molecule has 6 nitrogen and oxygen atoms in total. The molecule has 8 heteroatoms. The van der Waals surface area contributed by atoms with Gasteiger partial charge in [-0.1, -0.05) is 35.4 Å². The van der Waals surface area contributed by atoms with Crippen LogP contribution in [0.3, 0.4) is 0 Å². The zero-order chi connectivity index (χ0) is 17.5. The van der Waals surface area contributed by atoms with Crippen LogP contribution in [0.5, 0.6) is 0 Å². The smallest absolute Gasteiger partial charge is 0.110 e. The Bertz CT molecular complexity index is 412. The number of hydrogen-bond donors (Lipinski definition) is 3. The van der Waals surface area contributed by atoms with Crippen LogP contribution in [-0.2, 0) is 0 Å². The third-order valence-electron chi connectivity index (χ3n) is 4.22. The lowest BCUT2D eigenvalue weighted by Crippen LogP contribution is -2.46. The molecule has 1 saturated heterocycles. The van der Waals surface area contributed by atoms with E-state index in [0.717, 1.165) is 25.9 Å². The molecule has 0 radical (unpaired) electrons. The number of oxime groups is 1. The highest BCUT2D eigenvalue weighted by Crippen LogP contribution is 2.23. The van der Waals surface area contributed by atoms with E-state index in [-0.39, 0.29) is 18.5 Å². The first-order valence-corrected chi connectivity index (χ1v) is 8.75. The number of likely N-dealkylation sites (tertiary alicyclic amines) is 1. The van der Waals surface area contributed by atoms with Gasteiger partial charge in [0.2, 0.25) is 0 Å². The van der Waals surface area contributed by atoms with E-state index >= 15 is 0 Å². The molecular formula is C15H29FN4O2S. The van der Waals surface area contributed by atoms with Crippen molar-refractivity contribution in [2.24, 2.45) is 10.6 Å². The molecule has 0 bridgehead atoms. The van der Waals surface area contributed by atoms with Crippen LogP contribution < -0.4 is 4.72 Å². The third kappa shape index (κ3) is 5.95. The Kier molecular flexibility index (Phi) is 8.32. The van der Waals surface area contributed by atoms with Crippen LogP contribution in [0.25, 0.3) is 0 Å². The fourth-order valence-electron chi connectivity index (χ4n) is 2.43. The summed E-state index contributed by atoms with van der Waals surface area (Å²) in [6, 6.07) is 0. The SMILES string of the molecule is CNSC1CCN(C(C)N(F)/C=C/C(=N\O)C(C)(C)CO)CC1. The van der Waals surface area contributed by atoms with Crippen LogP contribution in [0.15, 0.2) is 17.4 Å². The third-order valence-corrected chi connectivity index (χ3v) is 5.26. The van der Waals surface area contributed by atoms with Gasteiger partial charge in [-0.05, 0) is 32.9 Å². The van der Waals surface area contributed by atoms with Gasteiger partial charge in [0.25, 0.3) is 0 Å². The van der Waals surface area contributed by atoms with Crippen LogP contribution in [0, 0.1) is 5.41 Å². The largest absolute Gasteiger partial charge is 0.411 e. The molecule has 0 amide bonds. The molecule has 1 aliphatic rings. The molecule has 0 aliphatic carbocycles. The molecule has 1 atom stereocenters. The van der Waals surface area contributed by atoms with E-state index < -0.39 is 5.41 Å². The maximum Gasteiger partial charge on any atom is 0.110 e. The van der Waals surface area contributed by atoms with E-state index in [0.29, 0.717) is 10.4 Å². The number of aliphatic hydroxyl groups is 1. The highest BCUT2D eigenvalue weighted by Gasteiger charge is 2.26. The second-order valence-electron chi connectivity index (χ2n) is 6.38. The van der Waals surface area contributed by atoms with Gasteiger partial charge in [0.1, 0.15) is 6.17 Å². The van der Waals surface area contributed by atoms with Gasteiger partial charge in [-0.3, -0.25) is 9.62 Å². The van der Waals surface area contributed by atoms with E-state index in [9.17, 15) is 9.59 Å². The minimum atomic E-state index is -0.724. The zero-order valence-electron chi connectivity index (χ0n) is 14.4. The van der Waals surface area contributed by atoms with Crippen molar-refractivity contribution in [2.45, 2.75) is 45.0 Å². The molecular weight excluding hydrogens is 319 g/mol. The summed E-state index contributed by atoms with van der Waals surface area (Å²) < 4.78 is 17.4. The summed E-state index contributed by atoms with van der Waals surface area (Å²) >= 11 is 1.73. The summed E-state index contributed by atoms with van der Waals surface area (Å²) in [5.41, 5.74) is -0.489. The van der Waals surface area contributed by atoms with Gasteiger partial charge < -0.3 is 10.3 Å². The Balaban J connectivity index is 2.57. The van der Waals surface area contributed by atoms with Crippen LogP contribution in [0.4, 0.5) is 4.48 Å². The molecule has 134 valence electrons. The van der Waals surface area contributed by atoms with E-state index in [2.05, 4.69) is 14.8 Å². The van der Waals surface area contributed by atoms with Crippen molar-refractivity contribution < 1.29 is 14.8 Å². The maximum absolute atomic E-state index is 14.3. The van der Waals surface area contributed by atoms with E-state index in [1.807, 2.05) is 14.0 Å². The summed E-state index contributed by atoms with van der Waals surface area (Å²) in [4.78, 5) is 2.09. The molecule has 0 aromatic heterocycles. The minimum Gasteiger partial charge on any atom is -0.411 e. The molecule has 1 heterocycles. The first-order chi connectivity index (χ1) is 10.9. The van der Waals surface area contributed by atoms with Crippen molar-refractivity contribution in [1.29, 1.82) is 0 Å². The Morgan fingerprint density at radius 3 is 2.61 bits per heavy atom. The predicted octanol–water partition coefficient (Wildman–Crippen LogP) is 2.21. The number of hydrogen-bond acceptors (Lipinski definition) is 7. The van der Waals surface area contributed by atoms with Gasteiger partial charge in [0.05, 0.1) is 12.3 Å². The molecule has 23 heavy (non-hydrogen) atoms. The maximum atomic E-state index is 14.3. The topological polar surface area (TPSA) is 71.3 Å².